The summed E-state index contributed by atoms with van der Waals surface area (Å²) in [6.45, 7) is 0.193. The lowest BCUT2D eigenvalue weighted by Gasteiger charge is -2.09. The van der Waals surface area contributed by atoms with Crippen molar-refractivity contribution in [2.45, 2.75) is 0 Å². The average Bonchev–Trinajstić information content (AvgIpc) is 2.48. The van der Waals surface area contributed by atoms with Crippen LogP contribution in [0.15, 0.2) is 48.5 Å². The van der Waals surface area contributed by atoms with Gasteiger partial charge in [-0.2, -0.15) is 0 Å². The molecule has 0 spiro atoms. The third-order valence-corrected chi connectivity index (χ3v) is 3.57. The van der Waals surface area contributed by atoms with Crippen LogP contribution >= 0.6 is 22.6 Å². The van der Waals surface area contributed by atoms with Crippen LogP contribution in [0.1, 0.15) is 5.56 Å². The fourth-order valence-electron chi connectivity index (χ4n) is 1.66. The molecule has 2 aromatic carbocycles. The van der Waals surface area contributed by atoms with Crippen molar-refractivity contribution in [2.75, 3.05) is 17.2 Å². The number of anilines is 2. The Hall–Kier alpha value is -2.00. The van der Waals surface area contributed by atoms with Crippen molar-refractivity contribution in [3.8, 4) is 12.3 Å². The number of hydrogen-bond donors (Lipinski definition) is 2. The van der Waals surface area contributed by atoms with Crippen molar-refractivity contribution in [3.05, 3.63) is 57.7 Å². The fourth-order valence-corrected chi connectivity index (χ4v) is 2.18. The highest BCUT2D eigenvalue weighted by atomic mass is 127. The summed E-state index contributed by atoms with van der Waals surface area (Å²) in [5, 5.41) is 5.91. The first-order valence-electron chi connectivity index (χ1n) is 6.04. The minimum absolute atomic E-state index is 0.0970. The Labute approximate surface area is 131 Å². The van der Waals surface area contributed by atoms with E-state index in [0.717, 1.165) is 20.5 Å². The highest BCUT2D eigenvalue weighted by Crippen LogP contribution is 2.16. The second-order valence-corrected chi connectivity index (χ2v) is 5.27. The van der Waals surface area contributed by atoms with E-state index in [1.165, 1.54) is 0 Å². The van der Waals surface area contributed by atoms with E-state index in [2.05, 4.69) is 39.1 Å². The third-order valence-electron chi connectivity index (χ3n) is 2.63. The van der Waals surface area contributed by atoms with Crippen molar-refractivity contribution in [3.63, 3.8) is 0 Å². The van der Waals surface area contributed by atoms with Crippen molar-refractivity contribution in [1.29, 1.82) is 0 Å². The van der Waals surface area contributed by atoms with Crippen molar-refractivity contribution in [1.82, 2.24) is 0 Å². The van der Waals surface area contributed by atoms with Gasteiger partial charge in [0.2, 0.25) is 5.91 Å². The van der Waals surface area contributed by atoms with Gasteiger partial charge in [-0.05, 0) is 52.9 Å². The number of halogens is 1. The van der Waals surface area contributed by atoms with E-state index in [1.807, 2.05) is 48.5 Å². The van der Waals surface area contributed by atoms with E-state index in [-0.39, 0.29) is 12.5 Å². The summed E-state index contributed by atoms with van der Waals surface area (Å²) in [6.07, 6.45) is 5.34. The standard InChI is InChI=1S/C16H13IN2O/c1-2-12-6-5-7-13(10-12)18-11-16(20)19-15-9-4-3-8-14(15)17/h1,3-10,18H,11H2,(H,19,20). The molecule has 20 heavy (non-hydrogen) atoms. The molecule has 0 aliphatic heterocycles. The number of hydrogen-bond acceptors (Lipinski definition) is 2. The van der Waals surface area contributed by atoms with Gasteiger partial charge in [0, 0.05) is 14.8 Å². The van der Waals surface area contributed by atoms with Crippen LogP contribution < -0.4 is 10.6 Å². The summed E-state index contributed by atoms with van der Waals surface area (Å²) in [4.78, 5) is 11.9. The van der Waals surface area contributed by atoms with Gasteiger partial charge in [-0.25, -0.2) is 0 Å². The van der Waals surface area contributed by atoms with Crippen LogP contribution in [-0.2, 0) is 4.79 Å². The van der Waals surface area contributed by atoms with Crippen LogP contribution in [0.5, 0.6) is 0 Å². The van der Waals surface area contributed by atoms with E-state index < -0.39 is 0 Å². The maximum Gasteiger partial charge on any atom is 0.243 e. The Bertz CT molecular complexity index is 662. The van der Waals surface area contributed by atoms with Crippen LogP contribution in [-0.4, -0.2) is 12.5 Å². The zero-order valence-electron chi connectivity index (χ0n) is 10.7. The lowest BCUT2D eigenvalue weighted by atomic mass is 10.2. The van der Waals surface area contributed by atoms with E-state index in [9.17, 15) is 4.79 Å². The molecule has 1 amide bonds. The zero-order chi connectivity index (χ0) is 14.4. The van der Waals surface area contributed by atoms with Crippen molar-refractivity contribution >= 4 is 39.9 Å². The summed E-state index contributed by atoms with van der Waals surface area (Å²) < 4.78 is 1.01. The molecule has 0 unspecified atom stereocenters. The number of carbonyl (C=O) groups is 1. The number of carbonyl (C=O) groups excluding carboxylic acids is 1. The van der Waals surface area contributed by atoms with Gasteiger partial charge in [0.15, 0.2) is 0 Å². The Morgan fingerprint density at radius 3 is 2.75 bits per heavy atom. The SMILES string of the molecule is C#Cc1cccc(NCC(=O)Nc2ccccc2I)c1. The van der Waals surface area contributed by atoms with E-state index >= 15 is 0 Å². The molecule has 0 bridgehead atoms. The quantitative estimate of drug-likeness (QED) is 0.635. The zero-order valence-corrected chi connectivity index (χ0v) is 12.8. The summed E-state index contributed by atoms with van der Waals surface area (Å²) >= 11 is 2.19. The Kier molecular flexibility index (Phi) is 5.02. The smallest absolute Gasteiger partial charge is 0.243 e. The van der Waals surface area contributed by atoms with Gasteiger partial charge in [0.25, 0.3) is 0 Å². The van der Waals surface area contributed by atoms with Crippen LogP contribution in [0.4, 0.5) is 11.4 Å². The lowest BCUT2D eigenvalue weighted by molar-refractivity contribution is -0.114. The van der Waals surface area contributed by atoms with Crippen LogP contribution in [0.2, 0.25) is 0 Å². The molecule has 0 fully saturated rings. The minimum Gasteiger partial charge on any atom is -0.376 e. The predicted molar refractivity (Wildman–Crippen MR) is 90.7 cm³/mol. The number of terminal acetylenes is 1. The van der Waals surface area contributed by atoms with Crippen molar-refractivity contribution in [2.24, 2.45) is 0 Å². The summed E-state index contributed by atoms with van der Waals surface area (Å²) in [7, 11) is 0. The number of amides is 1. The highest BCUT2D eigenvalue weighted by molar-refractivity contribution is 14.1. The van der Waals surface area contributed by atoms with E-state index in [0.29, 0.717) is 0 Å². The lowest BCUT2D eigenvalue weighted by Crippen LogP contribution is -2.22. The van der Waals surface area contributed by atoms with Gasteiger partial charge in [-0.3, -0.25) is 4.79 Å². The minimum atomic E-state index is -0.0970. The molecule has 100 valence electrons. The highest BCUT2D eigenvalue weighted by Gasteiger charge is 2.04. The van der Waals surface area contributed by atoms with Gasteiger partial charge in [-0.1, -0.05) is 24.1 Å². The predicted octanol–water partition coefficient (Wildman–Crippen LogP) is 3.32. The van der Waals surface area contributed by atoms with E-state index in [4.69, 9.17) is 6.42 Å². The third kappa shape index (κ3) is 4.00. The second-order valence-electron chi connectivity index (χ2n) is 4.11. The molecule has 2 N–H and O–H groups in total. The Balaban J connectivity index is 1.93. The normalized spacial score (nSPS) is 9.60. The number of rotatable bonds is 4. The summed E-state index contributed by atoms with van der Waals surface area (Å²) in [5.74, 6) is 2.46. The summed E-state index contributed by atoms with van der Waals surface area (Å²) in [5.41, 5.74) is 2.43. The fraction of sp³-hybridized carbons (Fsp3) is 0.0625. The molecule has 4 heteroatoms. The van der Waals surface area contributed by atoms with Gasteiger partial charge < -0.3 is 10.6 Å². The first-order chi connectivity index (χ1) is 9.69. The molecule has 3 nitrogen and oxygen atoms in total. The first-order valence-corrected chi connectivity index (χ1v) is 7.12. The number of para-hydroxylation sites is 1. The molecule has 0 aromatic heterocycles. The van der Waals surface area contributed by atoms with Crippen LogP contribution in [0.3, 0.4) is 0 Å². The van der Waals surface area contributed by atoms with Gasteiger partial charge in [0.05, 0.1) is 12.2 Å². The first kappa shape index (κ1) is 14.4. The van der Waals surface area contributed by atoms with Crippen LogP contribution in [0.25, 0.3) is 0 Å². The Morgan fingerprint density at radius 2 is 2.00 bits per heavy atom. The Morgan fingerprint density at radius 1 is 1.20 bits per heavy atom. The molecular weight excluding hydrogens is 363 g/mol. The van der Waals surface area contributed by atoms with E-state index in [1.54, 1.807) is 0 Å². The molecule has 2 rings (SSSR count). The molecule has 0 aliphatic carbocycles. The molecular formula is C16H13IN2O. The molecule has 0 heterocycles. The molecule has 0 saturated carbocycles. The molecule has 2 aromatic rings. The van der Waals surface area contributed by atoms with Crippen LogP contribution in [0, 0.1) is 15.9 Å². The largest absolute Gasteiger partial charge is 0.376 e. The molecule has 0 saturated heterocycles. The monoisotopic (exact) mass is 376 g/mol. The van der Waals surface area contributed by atoms with Gasteiger partial charge in [0.1, 0.15) is 0 Å². The molecule has 0 radical (unpaired) electrons. The second kappa shape index (κ2) is 6.96. The summed E-state index contributed by atoms with van der Waals surface area (Å²) in [6, 6.07) is 15.0. The molecule has 0 aliphatic rings. The number of benzene rings is 2. The topological polar surface area (TPSA) is 41.1 Å². The van der Waals surface area contributed by atoms with Crippen molar-refractivity contribution < 1.29 is 4.79 Å². The average molecular weight is 376 g/mol. The maximum absolute atomic E-state index is 11.9. The maximum atomic E-state index is 11.9. The van der Waals surface area contributed by atoms with Gasteiger partial charge in [-0.15, -0.1) is 6.42 Å². The number of nitrogens with one attached hydrogen (secondary N) is 2. The molecule has 0 atom stereocenters. The van der Waals surface area contributed by atoms with Gasteiger partial charge >= 0.3 is 0 Å².